The zero-order valence-electron chi connectivity index (χ0n) is 18.3. The van der Waals surface area contributed by atoms with Crippen molar-refractivity contribution in [1.29, 1.82) is 0 Å². The molecule has 3 aromatic carbocycles. The maximum atomic E-state index is 4.21. The van der Waals surface area contributed by atoms with Crippen LogP contribution in [0, 0.1) is 0 Å². The van der Waals surface area contributed by atoms with E-state index in [-0.39, 0.29) is 0 Å². The molecule has 0 saturated heterocycles. The zero-order valence-corrected chi connectivity index (χ0v) is 18.3. The Bertz CT molecular complexity index is 940. The number of rotatable bonds is 6. The number of nitrogens with zero attached hydrogens (tertiary/aromatic N) is 1. The van der Waals surface area contributed by atoms with E-state index in [1.807, 2.05) is 6.20 Å². The summed E-state index contributed by atoms with van der Waals surface area (Å²) in [7, 11) is 0. The Balaban J connectivity index is 0.000000172. The van der Waals surface area contributed by atoms with Crippen LogP contribution in [0.3, 0.4) is 0 Å². The second-order valence-corrected chi connectivity index (χ2v) is 7.93. The van der Waals surface area contributed by atoms with Gasteiger partial charge in [-0.2, -0.15) is 0 Å². The van der Waals surface area contributed by atoms with Crippen LogP contribution in [0.25, 0.3) is 0 Å². The van der Waals surface area contributed by atoms with Crippen molar-refractivity contribution in [2.45, 2.75) is 39.4 Å². The minimum atomic E-state index is 0.502. The summed E-state index contributed by atoms with van der Waals surface area (Å²) in [5.74, 6) is 1.64. The van der Waals surface area contributed by atoms with Gasteiger partial charge in [-0.25, -0.2) is 4.98 Å². The van der Waals surface area contributed by atoms with Gasteiger partial charge in [0.1, 0.15) is 5.82 Å². The van der Waals surface area contributed by atoms with Crippen LogP contribution in [0.5, 0.6) is 0 Å². The Kier molecular flexibility index (Phi) is 8.08. The van der Waals surface area contributed by atoms with Gasteiger partial charge >= 0.3 is 0 Å². The molecular weight excluding hydrogens is 363 g/mol. The molecule has 2 nitrogen and oxygen atoms in total. The van der Waals surface area contributed by atoms with E-state index in [0.717, 1.165) is 18.7 Å². The monoisotopic (exact) mass is 394 g/mol. The van der Waals surface area contributed by atoms with E-state index in [0.29, 0.717) is 12.5 Å². The Labute approximate surface area is 181 Å². The number of aromatic nitrogens is 2. The number of benzene rings is 3. The van der Waals surface area contributed by atoms with E-state index in [1.54, 1.807) is 6.20 Å². The third kappa shape index (κ3) is 6.22. The second-order valence-electron chi connectivity index (χ2n) is 7.93. The molecule has 0 aliphatic carbocycles. The molecule has 0 bridgehead atoms. The molecule has 4 aromatic rings. The van der Waals surface area contributed by atoms with Crippen molar-refractivity contribution in [2.75, 3.05) is 0 Å². The quantitative estimate of drug-likeness (QED) is 0.444. The lowest BCUT2D eigenvalue weighted by atomic mass is 9.34. The number of H-pyrrole nitrogens is 1. The minimum absolute atomic E-state index is 0.502. The molecule has 0 aliphatic rings. The SMILES string of the molecule is CC(C)B(c1ccccc1)c1ccccc1.CCc1cccc(Cc2ncc[nH]2)c1. The Morgan fingerprint density at radius 1 is 0.800 bits per heavy atom. The molecule has 1 heterocycles. The predicted octanol–water partition coefficient (Wildman–Crippen LogP) is 5.27. The van der Waals surface area contributed by atoms with Gasteiger partial charge in [0, 0.05) is 18.8 Å². The van der Waals surface area contributed by atoms with E-state index < -0.39 is 0 Å². The smallest absolute Gasteiger partial charge is 0.211 e. The van der Waals surface area contributed by atoms with Crippen molar-refractivity contribution in [2.24, 2.45) is 0 Å². The number of imidazole rings is 1. The van der Waals surface area contributed by atoms with Crippen molar-refractivity contribution in [1.82, 2.24) is 9.97 Å². The highest BCUT2D eigenvalue weighted by atomic mass is 14.9. The molecular formula is C27H31BN2. The van der Waals surface area contributed by atoms with Gasteiger partial charge in [-0.3, -0.25) is 0 Å². The lowest BCUT2D eigenvalue weighted by Crippen LogP contribution is -2.44. The summed E-state index contributed by atoms with van der Waals surface area (Å²) in [5, 5.41) is 0. The summed E-state index contributed by atoms with van der Waals surface area (Å²) in [6, 6.07) is 30.2. The van der Waals surface area contributed by atoms with Crippen LogP contribution >= 0.6 is 0 Å². The van der Waals surface area contributed by atoms with Crippen LogP contribution in [0.2, 0.25) is 5.82 Å². The standard InChI is InChI=1S/C15H17B.C12H14N2/c1-13(2)16(14-9-5-3-6-10-14)15-11-7-4-8-12-15;1-2-10-4-3-5-11(8-10)9-12-13-6-7-14-12/h3-13H,1-2H3;3-8H,2,9H2,1H3,(H,13,14). The van der Waals surface area contributed by atoms with Gasteiger partial charge in [-0.05, 0) is 17.5 Å². The molecule has 152 valence electrons. The molecule has 1 aromatic heterocycles. The van der Waals surface area contributed by atoms with Gasteiger partial charge in [-0.15, -0.1) is 0 Å². The number of aromatic amines is 1. The molecule has 3 heteroatoms. The largest absolute Gasteiger partial charge is 0.348 e. The molecule has 0 radical (unpaired) electrons. The van der Waals surface area contributed by atoms with E-state index >= 15 is 0 Å². The summed E-state index contributed by atoms with van der Waals surface area (Å²) >= 11 is 0. The third-order valence-electron chi connectivity index (χ3n) is 5.31. The van der Waals surface area contributed by atoms with Gasteiger partial charge in [0.15, 0.2) is 0 Å². The fourth-order valence-corrected chi connectivity index (χ4v) is 3.83. The molecule has 0 unspecified atom stereocenters. The first kappa shape index (κ1) is 21.6. The van der Waals surface area contributed by atoms with Crippen molar-refractivity contribution in [3.05, 3.63) is 114 Å². The van der Waals surface area contributed by atoms with E-state index in [1.165, 1.54) is 22.1 Å². The van der Waals surface area contributed by atoms with E-state index in [4.69, 9.17) is 0 Å². The second kappa shape index (κ2) is 11.2. The van der Waals surface area contributed by atoms with Crippen LogP contribution in [0.15, 0.2) is 97.3 Å². The molecule has 0 fully saturated rings. The molecule has 4 rings (SSSR count). The number of hydrogen-bond acceptors (Lipinski definition) is 1. The molecule has 0 spiro atoms. The molecule has 0 atom stereocenters. The Morgan fingerprint density at radius 3 is 1.90 bits per heavy atom. The first-order valence-electron chi connectivity index (χ1n) is 10.8. The molecule has 1 N–H and O–H groups in total. The molecule has 0 saturated carbocycles. The average molecular weight is 394 g/mol. The van der Waals surface area contributed by atoms with Gasteiger partial charge in [0.25, 0.3) is 0 Å². The highest BCUT2D eigenvalue weighted by Crippen LogP contribution is 2.09. The van der Waals surface area contributed by atoms with Gasteiger partial charge in [-0.1, -0.05) is 122 Å². The summed E-state index contributed by atoms with van der Waals surface area (Å²) in [4.78, 5) is 7.32. The number of aryl methyl sites for hydroxylation is 1. The first-order chi connectivity index (χ1) is 14.7. The fourth-order valence-electron chi connectivity index (χ4n) is 3.83. The number of nitrogens with one attached hydrogen (secondary N) is 1. The summed E-state index contributed by atoms with van der Waals surface area (Å²) in [6.07, 6.45) is 5.63. The Morgan fingerprint density at radius 2 is 1.40 bits per heavy atom. The normalized spacial score (nSPS) is 10.4. The van der Waals surface area contributed by atoms with Gasteiger partial charge < -0.3 is 4.98 Å². The van der Waals surface area contributed by atoms with E-state index in [9.17, 15) is 0 Å². The molecule has 30 heavy (non-hydrogen) atoms. The number of hydrogen-bond donors (Lipinski definition) is 1. The van der Waals surface area contributed by atoms with Crippen LogP contribution in [-0.2, 0) is 12.8 Å². The van der Waals surface area contributed by atoms with Crippen molar-refractivity contribution >= 4 is 17.6 Å². The lowest BCUT2D eigenvalue weighted by molar-refractivity contribution is 1.02. The lowest BCUT2D eigenvalue weighted by Gasteiger charge is -2.18. The summed E-state index contributed by atoms with van der Waals surface area (Å²) in [6.45, 7) is 7.24. The molecule has 0 amide bonds. The Hall–Kier alpha value is -3.07. The summed E-state index contributed by atoms with van der Waals surface area (Å²) < 4.78 is 0. The average Bonchev–Trinajstić information content (AvgIpc) is 3.29. The zero-order chi connectivity index (χ0) is 21.2. The highest BCUT2D eigenvalue weighted by Gasteiger charge is 2.21. The van der Waals surface area contributed by atoms with Crippen LogP contribution < -0.4 is 10.9 Å². The van der Waals surface area contributed by atoms with Gasteiger partial charge in [0.05, 0.1) is 0 Å². The van der Waals surface area contributed by atoms with Crippen LogP contribution in [-0.4, -0.2) is 16.7 Å². The van der Waals surface area contributed by atoms with Crippen molar-refractivity contribution in [3.8, 4) is 0 Å². The first-order valence-corrected chi connectivity index (χ1v) is 10.8. The molecule has 0 aliphatic heterocycles. The van der Waals surface area contributed by atoms with Crippen LogP contribution in [0.4, 0.5) is 0 Å². The third-order valence-corrected chi connectivity index (χ3v) is 5.31. The van der Waals surface area contributed by atoms with E-state index in [2.05, 4.69) is 116 Å². The fraction of sp³-hybridized carbons (Fsp3) is 0.222. The van der Waals surface area contributed by atoms with Gasteiger partial charge in [0.2, 0.25) is 6.71 Å². The van der Waals surface area contributed by atoms with Crippen LogP contribution in [0.1, 0.15) is 37.7 Å². The highest BCUT2D eigenvalue weighted by molar-refractivity contribution is 6.86. The topological polar surface area (TPSA) is 28.7 Å². The predicted molar refractivity (Wildman–Crippen MR) is 130 cm³/mol. The maximum Gasteiger partial charge on any atom is 0.211 e. The maximum absolute atomic E-state index is 4.21. The summed E-state index contributed by atoms with van der Waals surface area (Å²) in [5.41, 5.74) is 5.51. The minimum Gasteiger partial charge on any atom is -0.348 e. The van der Waals surface area contributed by atoms with Crippen molar-refractivity contribution in [3.63, 3.8) is 0 Å². The van der Waals surface area contributed by atoms with Crippen molar-refractivity contribution < 1.29 is 0 Å².